The predicted octanol–water partition coefficient (Wildman–Crippen LogP) is 2.98. The van der Waals surface area contributed by atoms with Gasteiger partial charge >= 0.3 is 0 Å². The number of benzene rings is 1. The first kappa shape index (κ1) is 15.0. The van der Waals surface area contributed by atoms with E-state index >= 15 is 0 Å². The van der Waals surface area contributed by atoms with E-state index in [9.17, 15) is 4.79 Å². The van der Waals surface area contributed by atoms with Crippen molar-refractivity contribution in [3.8, 4) is 0 Å². The van der Waals surface area contributed by atoms with Gasteiger partial charge in [0.25, 0.3) is 5.91 Å². The lowest BCUT2D eigenvalue weighted by Gasteiger charge is -2.26. The van der Waals surface area contributed by atoms with Crippen LogP contribution in [0.15, 0.2) is 24.3 Å². The van der Waals surface area contributed by atoms with Gasteiger partial charge in [-0.3, -0.25) is 4.79 Å². The van der Waals surface area contributed by atoms with E-state index in [1.165, 1.54) is 18.4 Å². The van der Waals surface area contributed by atoms with Crippen molar-refractivity contribution in [1.82, 2.24) is 9.80 Å². The summed E-state index contributed by atoms with van der Waals surface area (Å²) in [7, 11) is 4.06. The summed E-state index contributed by atoms with van der Waals surface area (Å²) in [5.74, 6) is 0.585. The fourth-order valence-electron chi connectivity index (χ4n) is 2.86. The van der Waals surface area contributed by atoms with Crippen LogP contribution in [0.4, 0.5) is 0 Å². The zero-order valence-electron chi connectivity index (χ0n) is 13.1. The van der Waals surface area contributed by atoms with Crippen molar-refractivity contribution >= 4 is 5.91 Å². The van der Waals surface area contributed by atoms with Crippen molar-refractivity contribution in [2.45, 2.75) is 38.6 Å². The fourth-order valence-corrected chi connectivity index (χ4v) is 2.86. The molecule has 1 amide bonds. The molecule has 1 unspecified atom stereocenters. The molecule has 0 aliphatic carbocycles. The van der Waals surface area contributed by atoms with E-state index in [0.29, 0.717) is 12.0 Å². The van der Waals surface area contributed by atoms with Crippen LogP contribution in [0.5, 0.6) is 0 Å². The third-order valence-corrected chi connectivity index (χ3v) is 4.30. The zero-order valence-corrected chi connectivity index (χ0v) is 13.1. The van der Waals surface area contributed by atoms with E-state index in [0.717, 1.165) is 18.7 Å². The summed E-state index contributed by atoms with van der Waals surface area (Å²) >= 11 is 0. The maximum atomic E-state index is 12.5. The summed E-state index contributed by atoms with van der Waals surface area (Å²) in [4.78, 5) is 16.7. The Balaban J connectivity index is 2.04. The van der Waals surface area contributed by atoms with Gasteiger partial charge in [0.2, 0.25) is 0 Å². The lowest BCUT2D eigenvalue weighted by atomic mass is 10.0. The highest BCUT2D eigenvalue weighted by molar-refractivity contribution is 5.94. The van der Waals surface area contributed by atoms with E-state index in [1.807, 2.05) is 30.1 Å². The minimum Gasteiger partial charge on any atom is -0.340 e. The van der Waals surface area contributed by atoms with E-state index < -0.39 is 0 Å². The van der Waals surface area contributed by atoms with Gasteiger partial charge in [-0.2, -0.15) is 0 Å². The SMILES string of the molecule is CC(C)c1cccc(C(=O)N(C)CC2CCCN2C)c1. The number of rotatable bonds is 4. The third kappa shape index (κ3) is 3.40. The summed E-state index contributed by atoms with van der Waals surface area (Å²) in [5.41, 5.74) is 2.03. The smallest absolute Gasteiger partial charge is 0.253 e. The van der Waals surface area contributed by atoms with Crippen molar-refractivity contribution in [3.05, 3.63) is 35.4 Å². The average molecular weight is 274 g/mol. The number of hydrogen-bond donors (Lipinski definition) is 0. The molecule has 110 valence electrons. The second-order valence-electron chi connectivity index (χ2n) is 6.24. The summed E-state index contributed by atoms with van der Waals surface area (Å²) in [6.45, 7) is 6.28. The first-order valence-electron chi connectivity index (χ1n) is 7.54. The fraction of sp³-hybridized carbons (Fsp3) is 0.588. The highest BCUT2D eigenvalue weighted by atomic mass is 16.2. The number of likely N-dealkylation sites (N-methyl/N-ethyl adjacent to an activating group) is 2. The van der Waals surface area contributed by atoms with Crippen LogP contribution in [0, 0.1) is 0 Å². The Bertz CT molecular complexity index is 470. The van der Waals surface area contributed by atoms with Crippen molar-refractivity contribution in [1.29, 1.82) is 0 Å². The molecule has 1 aromatic rings. The van der Waals surface area contributed by atoms with Gasteiger partial charge in [0.1, 0.15) is 0 Å². The molecule has 1 saturated heterocycles. The molecule has 1 heterocycles. The summed E-state index contributed by atoms with van der Waals surface area (Å²) in [6, 6.07) is 8.53. The Morgan fingerprint density at radius 3 is 2.80 bits per heavy atom. The van der Waals surface area contributed by atoms with E-state index in [1.54, 1.807) is 0 Å². The van der Waals surface area contributed by atoms with Crippen molar-refractivity contribution in [3.63, 3.8) is 0 Å². The van der Waals surface area contributed by atoms with Gasteiger partial charge in [-0.1, -0.05) is 26.0 Å². The number of carbonyl (C=O) groups excluding carboxylic acids is 1. The molecule has 0 aromatic heterocycles. The maximum Gasteiger partial charge on any atom is 0.253 e. The molecule has 1 atom stereocenters. The number of amides is 1. The molecule has 2 rings (SSSR count). The zero-order chi connectivity index (χ0) is 14.7. The quantitative estimate of drug-likeness (QED) is 0.842. The van der Waals surface area contributed by atoms with Gasteiger partial charge in [0.15, 0.2) is 0 Å². The summed E-state index contributed by atoms with van der Waals surface area (Å²) in [5, 5.41) is 0. The minimum absolute atomic E-state index is 0.132. The second kappa shape index (κ2) is 6.40. The average Bonchev–Trinajstić information content (AvgIpc) is 2.83. The Kier molecular flexibility index (Phi) is 4.81. The molecular formula is C17H26N2O. The largest absolute Gasteiger partial charge is 0.340 e. The predicted molar refractivity (Wildman–Crippen MR) is 83.1 cm³/mol. The molecule has 1 aliphatic rings. The van der Waals surface area contributed by atoms with Gasteiger partial charge in [-0.05, 0) is 50.0 Å². The van der Waals surface area contributed by atoms with Crippen LogP contribution in [-0.2, 0) is 0 Å². The molecule has 1 aromatic carbocycles. The monoisotopic (exact) mass is 274 g/mol. The van der Waals surface area contributed by atoms with Crippen LogP contribution < -0.4 is 0 Å². The summed E-state index contributed by atoms with van der Waals surface area (Å²) < 4.78 is 0. The van der Waals surface area contributed by atoms with E-state index in [2.05, 4.69) is 31.9 Å². The van der Waals surface area contributed by atoms with E-state index in [4.69, 9.17) is 0 Å². The Hall–Kier alpha value is -1.35. The number of carbonyl (C=O) groups is 1. The normalized spacial score (nSPS) is 19.6. The lowest BCUT2D eigenvalue weighted by Crippen LogP contribution is -2.39. The second-order valence-corrected chi connectivity index (χ2v) is 6.24. The van der Waals surface area contributed by atoms with Crippen LogP contribution in [0.2, 0.25) is 0 Å². The van der Waals surface area contributed by atoms with Crippen LogP contribution in [0.3, 0.4) is 0 Å². The van der Waals surface area contributed by atoms with Crippen molar-refractivity contribution in [2.75, 3.05) is 27.2 Å². The highest BCUT2D eigenvalue weighted by Gasteiger charge is 2.24. The molecule has 0 spiro atoms. The summed E-state index contributed by atoms with van der Waals surface area (Å²) in [6.07, 6.45) is 2.44. The molecular weight excluding hydrogens is 248 g/mol. The van der Waals surface area contributed by atoms with Crippen LogP contribution in [0.25, 0.3) is 0 Å². The lowest BCUT2D eigenvalue weighted by molar-refractivity contribution is 0.0761. The Labute approximate surface area is 122 Å². The number of likely N-dealkylation sites (tertiary alicyclic amines) is 1. The van der Waals surface area contributed by atoms with Gasteiger partial charge in [0, 0.05) is 25.2 Å². The van der Waals surface area contributed by atoms with Gasteiger partial charge < -0.3 is 9.80 Å². The molecule has 1 fully saturated rings. The molecule has 0 N–H and O–H groups in total. The number of hydrogen-bond acceptors (Lipinski definition) is 2. The number of nitrogens with zero attached hydrogens (tertiary/aromatic N) is 2. The highest BCUT2D eigenvalue weighted by Crippen LogP contribution is 2.18. The molecule has 0 bridgehead atoms. The van der Waals surface area contributed by atoms with Crippen LogP contribution in [-0.4, -0.2) is 48.9 Å². The van der Waals surface area contributed by atoms with Crippen LogP contribution in [0.1, 0.15) is 48.5 Å². The molecule has 0 saturated carbocycles. The third-order valence-electron chi connectivity index (χ3n) is 4.30. The Morgan fingerprint density at radius 2 is 2.20 bits per heavy atom. The molecule has 1 aliphatic heterocycles. The van der Waals surface area contributed by atoms with E-state index in [-0.39, 0.29) is 5.91 Å². The van der Waals surface area contributed by atoms with Gasteiger partial charge in [0.05, 0.1) is 0 Å². The van der Waals surface area contributed by atoms with Crippen molar-refractivity contribution in [2.24, 2.45) is 0 Å². The van der Waals surface area contributed by atoms with Gasteiger partial charge in [-0.15, -0.1) is 0 Å². The first-order valence-corrected chi connectivity index (χ1v) is 7.54. The maximum absolute atomic E-state index is 12.5. The standard InChI is InChI=1S/C17H26N2O/c1-13(2)14-7-5-8-15(11-14)17(20)19(4)12-16-9-6-10-18(16)3/h5,7-8,11,13,16H,6,9-10,12H2,1-4H3. The first-order chi connectivity index (χ1) is 9.49. The minimum atomic E-state index is 0.132. The topological polar surface area (TPSA) is 23.6 Å². The van der Waals surface area contributed by atoms with Gasteiger partial charge in [-0.25, -0.2) is 0 Å². The Morgan fingerprint density at radius 1 is 1.45 bits per heavy atom. The molecule has 3 nitrogen and oxygen atoms in total. The molecule has 20 heavy (non-hydrogen) atoms. The van der Waals surface area contributed by atoms with Crippen LogP contribution >= 0.6 is 0 Å². The van der Waals surface area contributed by atoms with Crippen molar-refractivity contribution < 1.29 is 4.79 Å². The molecule has 0 radical (unpaired) electrons. The molecule has 3 heteroatoms.